The maximum absolute atomic E-state index is 12.0. The van der Waals surface area contributed by atoms with E-state index in [1.807, 2.05) is 18.2 Å². The zero-order valence-electron chi connectivity index (χ0n) is 15.9. The Hall–Kier alpha value is -2.99. The van der Waals surface area contributed by atoms with Gasteiger partial charge in [0.2, 0.25) is 0 Å². The summed E-state index contributed by atoms with van der Waals surface area (Å²) in [4.78, 5) is 23.9. The Morgan fingerprint density at radius 2 is 1.86 bits per heavy atom. The summed E-state index contributed by atoms with van der Waals surface area (Å²) < 4.78 is 15.5. The van der Waals surface area contributed by atoms with E-state index < -0.39 is 18.5 Å². The number of para-hydroxylation sites is 1. The third kappa shape index (κ3) is 5.76. The number of methoxy groups -OCH3 is 2. The Morgan fingerprint density at radius 1 is 1.11 bits per heavy atom. The molecule has 1 amide bonds. The highest BCUT2D eigenvalue weighted by Crippen LogP contribution is 2.31. The van der Waals surface area contributed by atoms with Crippen molar-refractivity contribution in [3.05, 3.63) is 64.7 Å². The molecule has 0 heterocycles. The van der Waals surface area contributed by atoms with E-state index in [2.05, 4.69) is 5.32 Å². The molecular formula is C21H22ClNO5. The van der Waals surface area contributed by atoms with Gasteiger partial charge in [-0.3, -0.25) is 4.79 Å². The number of amides is 1. The van der Waals surface area contributed by atoms with Crippen molar-refractivity contribution in [1.29, 1.82) is 0 Å². The highest BCUT2D eigenvalue weighted by molar-refractivity contribution is 6.31. The molecule has 0 bridgehead atoms. The fourth-order valence-corrected chi connectivity index (χ4v) is 2.87. The molecule has 1 N–H and O–H groups in total. The van der Waals surface area contributed by atoms with Crippen molar-refractivity contribution in [3.8, 4) is 11.5 Å². The number of benzene rings is 2. The Bertz CT molecular complexity index is 866. The molecule has 0 saturated heterocycles. The Balaban J connectivity index is 1.89. The number of hydrogen-bond donors (Lipinski definition) is 1. The number of esters is 1. The summed E-state index contributed by atoms with van der Waals surface area (Å²) in [7, 11) is 3.04. The van der Waals surface area contributed by atoms with Crippen LogP contribution in [0.15, 0.2) is 48.5 Å². The lowest BCUT2D eigenvalue weighted by atomic mass is 10.1. The van der Waals surface area contributed by atoms with Gasteiger partial charge in [-0.15, -0.1) is 0 Å². The van der Waals surface area contributed by atoms with Gasteiger partial charge in [-0.1, -0.05) is 41.9 Å². The Morgan fingerprint density at radius 3 is 2.54 bits per heavy atom. The molecule has 7 heteroatoms. The highest BCUT2D eigenvalue weighted by Gasteiger charge is 2.13. The van der Waals surface area contributed by atoms with Gasteiger partial charge < -0.3 is 19.5 Å². The van der Waals surface area contributed by atoms with Crippen LogP contribution in [-0.2, 0) is 14.3 Å². The molecule has 6 nitrogen and oxygen atoms in total. The van der Waals surface area contributed by atoms with Crippen LogP contribution in [0.1, 0.15) is 24.1 Å². The molecule has 148 valence electrons. The number of carbonyl (C=O) groups is 2. The predicted octanol–water partition coefficient (Wildman–Crippen LogP) is 3.79. The van der Waals surface area contributed by atoms with Gasteiger partial charge in [0.05, 0.1) is 20.3 Å². The lowest BCUT2D eigenvalue weighted by molar-refractivity contribution is -0.144. The second-order valence-electron chi connectivity index (χ2n) is 5.83. The van der Waals surface area contributed by atoms with Gasteiger partial charge in [0.1, 0.15) is 0 Å². The van der Waals surface area contributed by atoms with Crippen LogP contribution in [0.5, 0.6) is 11.5 Å². The van der Waals surface area contributed by atoms with Gasteiger partial charge in [-0.05, 0) is 30.7 Å². The smallest absolute Gasteiger partial charge is 0.331 e. The first-order chi connectivity index (χ1) is 13.5. The van der Waals surface area contributed by atoms with Gasteiger partial charge in [0.15, 0.2) is 18.1 Å². The van der Waals surface area contributed by atoms with E-state index in [4.69, 9.17) is 25.8 Å². The molecule has 0 aliphatic rings. The van der Waals surface area contributed by atoms with Crippen molar-refractivity contribution in [3.63, 3.8) is 0 Å². The van der Waals surface area contributed by atoms with E-state index in [1.54, 1.807) is 31.2 Å². The maximum Gasteiger partial charge on any atom is 0.331 e. The van der Waals surface area contributed by atoms with Crippen LogP contribution in [0.4, 0.5) is 0 Å². The largest absolute Gasteiger partial charge is 0.493 e. The molecule has 1 atom stereocenters. The van der Waals surface area contributed by atoms with Gasteiger partial charge in [-0.2, -0.15) is 0 Å². The van der Waals surface area contributed by atoms with Crippen molar-refractivity contribution in [2.24, 2.45) is 0 Å². The Labute approximate surface area is 169 Å². The summed E-state index contributed by atoms with van der Waals surface area (Å²) in [5.74, 6) is -0.0233. The molecule has 2 aromatic rings. The van der Waals surface area contributed by atoms with E-state index in [1.165, 1.54) is 26.4 Å². The van der Waals surface area contributed by atoms with Crippen LogP contribution in [0.2, 0.25) is 5.02 Å². The van der Waals surface area contributed by atoms with Gasteiger partial charge in [-0.25, -0.2) is 4.79 Å². The molecule has 2 aromatic carbocycles. The molecule has 0 radical (unpaired) electrons. The van der Waals surface area contributed by atoms with Gasteiger partial charge in [0.25, 0.3) is 5.91 Å². The van der Waals surface area contributed by atoms with Crippen LogP contribution in [0.25, 0.3) is 6.08 Å². The molecule has 0 fully saturated rings. The molecule has 0 aliphatic carbocycles. The van der Waals surface area contributed by atoms with E-state index in [0.717, 1.165) is 5.56 Å². The molecule has 0 unspecified atom stereocenters. The van der Waals surface area contributed by atoms with Crippen LogP contribution in [0.3, 0.4) is 0 Å². The SMILES string of the molecule is COc1cccc(/C=C/C(=O)OCC(=O)N[C@@H](C)c2ccccc2Cl)c1OC. The van der Waals surface area contributed by atoms with E-state index >= 15 is 0 Å². The van der Waals surface area contributed by atoms with E-state index in [-0.39, 0.29) is 6.04 Å². The maximum atomic E-state index is 12.0. The quantitative estimate of drug-likeness (QED) is 0.536. The summed E-state index contributed by atoms with van der Waals surface area (Å²) >= 11 is 6.11. The average molecular weight is 404 g/mol. The second kappa shape index (κ2) is 10.4. The second-order valence-corrected chi connectivity index (χ2v) is 6.24. The first-order valence-corrected chi connectivity index (χ1v) is 8.93. The Kier molecular flexibility index (Phi) is 7.89. The van der Waals surface area contributed by atoms with Gasteiger partial charge in [0, 0.05) is 16.7 Å². The van der Waals surface area contributed by atoms with Crippen LogP contribution >= 0.6 is 11.6 Å². The minimum atomic E-state index is -0.648. The molecule has 28 heavy (non-hydrogen) atoms. The summed E-state index contributed by atoms with van der Waals surface area (Å²) in [6.45, 7) is 1.41. The number of halogens is 1. The average Bonchev–Trinajstić information content (AvgIpc) is 2.70. The topological polar surface area (TPSA) is 73.9 Å². The number of hydrogen-bond acceptors (Lipinski definition) is 5. The van der Waals surface area contributed by atoms with E-state index in [9.17, 15) is 9.59 Å². The molecule has 0 aliphatic heterocycles. The lowest BCUT2D eigenvalue weighted by Crippen LogP contribution is -2.31. The summed E-state index contributed by atoms with van der Waals surface area (Å²) in [6.07, 6.45) is 2.76. The number of ether oxygens (including phenoxy) is 3. The predicted molar refractivity (Wildman–Crippen MR) is 108 cm³/mol. The van der Waals surface area contributed by atoms with Crippen molar-refractivity contribution in [2.45, 2.75) is 13.0 Å². The minimum Gasteiger partial charge on any atom is -0.493 e. The zero-order chi connectivity index (χ0) is 20.5. The van der Waals surface area contributed by atoms with Crippen molar-refractivity contribution in [1.82, 2.24) is 5.32 Å². The van der Waals surface area contributed by atoms with Crippen molar-refractivity contribution < 1.29 is 23.8 Å². The summed E-state index contributed by atoms with van der Waals surface area (Å²) in [6, 6.07) is 12.2. The standard InChI is InChI=1S/C21H22ClNO5/c1-14(16-8-4-5-9-17(16)22)23-19(24)13-28-20(25)12-11-15-7-6-10-18(26-2)21(15)27-3/h4-12,14H,13H2,1-3H3,(H,23,24)/b12-11+/t14-/m0/s1. The summed E-state index contributed by atoms with van der Waals surface area (Å²) in [5.41, 5.74) is 1.43. The fourth-order valence-electron chi connectivity index (χ4n) is 2.57. The number of carbonyl (C=O) groups excluding carboxylic acids is 2. The fraction of sp³-hybridized carbons (Fsp3) is 0.238. The third-order valence-electron chi connectivity index (χ3n) is 3.93. The lowest BCUT2D eigenvalue weighted by Gasteiger charge is -2.15. The van der Waals surface area contributed by atoms with Crippen molar-refractivity contribution >= 4 is 29.6 Å². The monoisotopic (exact) mass is 403 g/mol. The minimum absolute atomic E-state index is 0.309. The summed E-state index contributed by atoms with van der Waals surface area (Å²) in [5, 5.41) is 3.30. The highest BCUT2D eigenvalue weighted by atomic mass is 35.5. The molecular weight excluding hydrogens is 382 g/mol. The number of rotatable bonds is 8. The molecule has 0 saturated carbocycles. The first-order valence-electron chi connectivity index (χ1n) is 8.56. The first kappa shape index (κ1) is 21.3. The third-order valence-corrected chi connectivity index (χ3v) is 4.27. The van der Waals surface area contributed by atoms with Crippen LogP contribution < -0.4 is 14.8 Å². The van der Waals surface area contributed by atoms with Crippen molar-refractivity contribution in [2.75, 3.05) is 20.8 Å². The molecule has 2 rings (SSSR count). The zero-order valence-corrected chi connectivity index (χ0v) is 16.7. The number of nitrogens with one attached hydrogen (secondary N) is 1. The molecule has 0 spiro atoms. The molecule has 0 aromatic heterocycles. The van der Waals surface area contributed by atoms with Crippen LogP contribution in [-0.4, -0.2) is 32.7 Å². The normalized spacial score (nSPS) is 11.7. The van der Waals surface area contributed by atoms with E-state index in [0.29, 0.717) is 22.1 Å². The van der Waals surface area contributed by atoms with Gasteiger partial charge >= 0.3 is 5.97 Å². The van der Waals surface area contributed by atoms with Crippen LogP contribution in [0, 0.1) is 0 Å².